The summed E-state index contributed by atoms with van der Waals surface area (Å²) in [4.78, 5) is 11.4. The number of halogens is 3. The summed E-state index contributed by atoms with van der Waals surface area (Å²) in [6.07, 6.45) is 4.06. The van der Waals surface area contributed by atoms with Gasteiger partial charge in [0.15, 0.2) is 4.33 Å². The van der Waals surface area contributed by atoms with Gasteiger partial charge in [-0.2, -0.15) is 0 Å². The molecule has 5 heteroatoms. The van der Waals surface area contributed by atoms with Crippen LogP contribution < -0.4 is 5.32 Å². The SMILES string of the molecule is CC(Cl)(Cl)C(=O)N[C@@H]1CCCC[C@@H]1Cl. The average molecular weight is 259 g/mol. The predicted octanol–water partition coefficient (Wildman–Crippen LogP) is 2.85. The number of amides is 1. The van der Waals surface area contributed by atoms with Gasteiger partial charge in [0.1, 0.15) is 0 Å². The van der Waals surface area contributed by atoms with E-state index in [-0.39, 0.29) is 17.3 Å². The molecule has 2 nitrogen and oxygen atoms in total. The van der Waals surface area contributed by atoms with Crippen LogP contribution in [0.25, 0.3) is 0 Å². The topological polar surface area (TPSA) is 29.1 Å². The van der Waals surface area contributed by atoms with Gasteiger partial charge < -0.3 is 5.32 Å². The van der Waals surface area contributed by atoms with E-state index in [2.05, 4.69) is 5.32 Å². The Kier molecular flexibility index (Phi) is 4.35. The third-order valence-corrected chi connectivity index (χ3v) is 3.26. The van der Waals surface area contributed by atoms with Crippen LogP contribution in [0.2, 0.25) is 0 Å². The molecule has 0 radical (unpaired) electrons. The second-order valence-corrected chi connectivity index (χ2v) is 6.03. The van der Waals surface area contributed by atoms with E-state index < -0.39 is 4.33 Å². The minimum absolute atomic E-state index is 0.00313. The fourth-order valence-electron chi connectivity index (χ4n) is 1.54. The van der Waals surface area contributed by atoms with E-state index in [1.807, 2.05) is 0 Å². The number of carbonyl (C=O) groups excluding carboxylic acids is 1. The zero-order chi connectivity index (χ0) is 10.8. The minimum Gasteiger partial charge on any atom is -0.349 e. The molecule has 0 heterocycles. The summed E-state index contributed by atoms with van der Waals surface area (Å²) in [5, 5.41) is 2.78. The molecule has 1 fully saturated rings. The molecule has 0 spiro atoms. The van der Waals surface area contributed by atoms with Crippen molar-refractivity contribution < 1.29 is 4.79 Å². The fourth-order valence-corrected chi connectivity index (χ4v) is 2.00. The average Bonchev–Trinajstić information content (AvgIpc) is 2.07. The lowest BCUT2D eigenvalue weighted by molar-refractivity contribution is -0.122. The van der Waals surface area contributed by atoms with Gasteiger partial charge in [-0.25, -0.2) is 0 Å². The number of alkyl halides is 3. The largest absolute Gasteiger partial charge is 0.349 e. The van der Waals surface area contributed by atoms with Gasteiger partial charge in [0.2, 0.25) is 0 Å². The molecular formula is C9H14Cl3NO. The van der Waals surface area contributed by atoms with Gasteiger partial charge in [0.25, 0.3) is 5.91 Å². The van der Waals surface area contributed by atoms with Crippen molar-refractivity contribution in [1.29, 1.82) is 0 Å². The third kappa shape index (κ3) is 3.48. The molecule has 1 rings (SSSR count). The van der Waals surface area contributed by atoms with E-state index in [0.717, 1.165) is 25.7 Å². The zero-order valence-electron chi connectivity index (χ0n) is 8.03. The zero-order valence-corrected chi connectivity index (χ0v) is 10.3. The van der Waals surface area contributed by atoms with Crippen LogP contribution in [0.4, 0.5) is 0 Å². The molecule has 0 unspecified atom stereocenters. The van der Waals surface area contributed by atoms with Crippen molar-refractivity contribution in [1.82, 2.24) is 5.32 Å². The number of hydrogen-bond acceptors (Lipinski definition) is 1. The molecule has 1 amide bonds. The molecule has 0 bridgehead atoms. The first-order valence-electron chi connectivity index (χ1n) is 4.74. The van der Waals surface area contributed by atoms with Crippen molar-refractivity contribution in [3.8, 4) is 0 Å². The predicted molar refractivity (Wildman–Crippen MR) is 60.2 cm³/mol. The Balaban J connectivity index is 2.46. The lowest BCUT2D eigenvalue weighted by Crippen LogP contribution is -2.47. The molecule has 0 saturated heterocycles. The maximum absolute atomic E-state index is 11.4. The standard InChI is InChI=1S/C9H14Cl3NO/c1-9(11,12)8(14)13-7-5-3-2-4-6(7)10/h6-7H,2-5H2,1H3,(H,13,14)/t6-,7+/m0/s1. The van der Waals surface area contributed by atoms with Gasteiger partial charge in [-0.3, -0.25) is 4.79 Å². The highest BCUT2D eigenvalue weighted by molar-refractivity contribution is 6.57. The monoisotopic (exact) mass is 257 g/mol. The van der Waals surface area contributed by atoms with Gasteiger partial charge in [0, 0.05) is 6.04 Å². The van der Waals surface area contributed by atoms with Crippen molar-refractivity contribution in [2.24, 2.45) is 0 Å². The molecule has 1 aliphatic carbocycles. The van der Waals surface area contributed by atoms with Crippen molar-refractivity contribution >= 4 is 40.7 Å². The van der Waals surface area contributed by atoms with E-state index >= 15 is 0 Å². The summed E-state index contributed by atoms with van der Waals surface area (Å²) in [6, 6.07) is 0.00902. The summed E-state index contributed by atoms with van der Waals surface area (Å²) in [7, 11) is 0. The molecule has 2 atom stereocenters. The second kappa shape index (κ2) is 4.91. The summed E-state index contributed by atoms with van der Waals surface area (Å²) in [5.41, 5.74) is 0. The van der Waals surface area contributed by atoms with E-state index in [9.17, 15) is 4.79 Å². The van der Waals surface area contributed by atoms with E-state index in [1.54, 1.807) is 0 Å². The smallest absolute Gasteiger partial charge is 0.256 e. The molecule has 82 valence electrons. The van der Waals surface area contributed by atoms with Crippen molar-refractivity contribution in [3.05, 3.63) is 0 Å². The van der Waals surface area contributed by atoms with E-state index in [1.165, 1.54) is 6.92 Å². The molecule has 1 saturated carbocycles. The Morgan fingerprint density at radius 2 is 1.93 bits per heavy atom. The molecule has 0 aromatic heterocycles. The van der Waals surface area contributed by atoms with Gasteiger partial charge >= 0.3 is 0 Å². The van der Waals surface area contributed by atoms with Gasteiger partial charge in [-0.15, -0.1) is 11.6 Å². The molecule has 0 aromatic carbocycles. The molecule has 1 aliphatic rings. The quantitative estimate of drug-likeness (QED) is 0.758. The molecular weight excluding hydrogens is 244 g/mol. The summed E-state index contributed by atoms with van der Waals surface area (Å²) in [5.74, 6) is -0.363. The first kappa shape index (κ1) is 12.4. The lowest BCUT2D eigenvalue weighted by Gasteiger charge is -2.29. The van der Waals surface area contributed by atoms with Crippen LogP contribution in [-0.2, 0) is 4.79 Å². The van der Waals surface area contributed by atoms with Crippen LogP contribution in [0, 0.1) is 0 Å². The van der Waals surface area contributed by atoms with Crippen LogP contribution in [-0.4, -0.2) is 21.7 Å². The van der Waals surface area contributed by atoms with Gasteiger partial charge in [-0.05, 0) is 19.8 Å². The van der Waals surface area contributed by atoms with Crippen LogP contribution in [0.1, 0.15) is 32.6 Å². The van der Waals surface area contributed by atoms with E-state index in [4.69, 9.17) is 34.8 Å². The summed E-state index contributed by atoms with van der Waals surface area (Å²) >= 11 is 17.4. The Labute approximate surface area is 99.3 Å². The van der Waals surface area contributed by atoms with Gasteiger partial charge in [0.05, 0.1) is 5.38 Å². The van der Waals surface area contributed by atoms with Crippen LogP contribution >= 0.6 is 34.8 Å². The van der Waals surface area contributed by atoms with Crippen molar-refractivity contribution in [2.45, 2.75) is 48.4 Å². The summed E-state index contributed by atoms with van der Waals surface area (Å²) in [6.45, 7) is 1.46. The number of carbonyl (C=O) groups is 1. The number of nitrogens with one attached hydrogen (secondary N) is 1. The third-order valence-electron chi connectivity index (χ3n) is 2.40. The van der Waals surface area contributed by atoms with Crippen LogP contribution in [0.15, 0.2) is 0 Å². The maximum Gasteiger partial charge on any atom is 0.256 e. The minimum atomic E-state index is -1.37. The highest BCUT2D eigenvalue weighted by Gasteiger charge is 2.32. The number of hydrogen-bond donors (Lipinski definition) is 1. The van der Waals surface area contributed by atoms with Crippen molar-refractivity contribution in [2.75, 3.05) is 0 Å². The Bertz CT molecular complexity index is 215. The normalized spacial score (nSPS) is 28.6. The highest BCUT2D eigenvalue weighted by atomic mass is 35.5. The van der Waals surface area contributed by atoms with Crippen molar-refractivity contribution in [3.63, 3.8) is 0 Å². The first-order valence-corrected chi connectivity index (χ1v) is 5.93. The molecule has 0 aliphatic heterocycles. The summed E-state index contributed by atoms with van der Waals surface area (Å²) < 4.78 is -1.37. The molecule has 0 aromatic rings. The van der Waals surface area contributed by atoms with Gasteiger partial charge in [-0.1, -0.05) is 36.0 Å². The Hall–Kier alpha value is 0.340. The first-order chi connectivity index (χ1) is 6.41. The molecule has 1 N–H and O–H groups in total. The Morgan fingerprint density at radius 1 is 1.36 bits per heavy atom. The lowest BCUT2D eigenvalue weighted by atomic mass is 9.95. The molecule has 14 heavy (non-hydrogen) atoms. The Morgan fingerprint density at radius 3 is 2.43 bits per heavy atom. The van der Waals surface area contributed by atoms with Crippen LogP contribution in [0.3, 0.4) is 0 Å². The second-order valence-electron chi connectivity index (χ2n) is 3.77. The van der Waals surface area contributed by atoms with E-state index in [0.29, 0.717) is 0 Å². The van der Waals surface area contributed by atoms with Crippen LogP contribution in [0.5, 0.6) is 0 Å². The maximum atomic E-state index is 11.4. The fraction of sp³-hybridized carbons (Fsp3) is 0.889. The number of rotatable bonds is 2. The highest BCUT2D eigenvalue weighted by Crippen LogP contribution is 2.25.